The predicted octanol–water partition coefficient (Wildman–Crippen LogP) is 2.61. The third kappa shape index (κ3) is 3.85. The Balaban J connectivity index is 1.40. The average molecular weight is 368 g/mol. The highest BCUT2D eigenvalue weighted by Crippen LogP contribution is 2.29. The van der Waals surface area contributed by atoms with Crippen LogP contribution < -0.4 is 14.8 Å². The first-order valence-electron chi connectivity index (χ1n) is 9.29. The Hall–Kier alpha value is -2.73. The van der Waals surface area contributed by atoms with Gasteiger partial charge in [-0.25, -0.2) is 4.79 Å². The van der Waals surface area contributed by atoms with Gasteiger partial charge in [0, 0.05) is 18.5 Å². The lowest BCUT2D eigenvalue weighted by atomic mass is 10.1. The number of carbonyl (C=O) groups excluding carboxylic acids is 1. The highest BCUT2D eigenvalue weighted by Gasteiger charge is 2.21. The zero-order valence-corrected chi connectivity index (χ0v) is 15.4. The molecule has 4 rings (SSSR count). The molecule has 2 aliphatic rings. The molecule has 142 valence electrons. The molecule has 2 aromatic carbocycles. The second-order valence-corrected chi connectivity index (χ2v) is 7.10. The van der Waals surface area contributed by atoms with Crippen LogP contribution in [0.2, 0.25) is 0 Å². The van der Waals surface area contributed by atoms with Gasteiger partial charge in [0.05, 0.1) is 19.7 Å². The first-order valence-corrected chi connectivity index (χ1v) is 9.29. The summed E-state index contributed by atoms with van der Waals surface area (Å²) in [5.41, 5.74) is 3.99. The molecule has 2 aromatic rings. The lowest BCUT2D eigenvalue weighted by Crippen LogP contribution is -2.40. The maximum absolute atomic E-state index is 12.7. The molecule has 6 heteroatoms. The van der Waals surface area contributed by atoms with E-state index in [1.54, 1.807) is 4.90 Å². The molecule has 6 nitrogen and oxygen atoms in total. The molecule has 0 fully saturated rings. The number of carbonyl (C=O) groups is 1. The first kappa shape index (κ1) is 17.7. The van der Waals surface area contributed by atoms with E-state index in [-0.39, 0.29) is 18.7 Å². The Bertz CT molecular complexity index is 852. The Labute approximate surface area is 158 Å². The molecule has 27 heavy (non-hydrogen) atoms. The molecule has 0 saturated carbocycles. The van der Waals surface area contributed by atoms with Crippen LogP contribution in [0.25, 0.3) is 0 Å². The highest BCUT2D eigenvalue weighted by atomic mass is 16.5. The largest absolute Gasteiger partial charge is 0.491 e. The minimum atomic E-state index is -0.119. The summed E-state index contributed by atoms with van der Waals surface area (Å²) < 4.78 is 11.5. The second kappa shape index (κ2) is 7.48. The lowest BCUT2D eigenvalue weighted by molar-refractivity contribution is 0.187. The third-order valence-electron chi connectivity index (χ3n) is 4.98. The molecule has 2 heterocycles. The predicted molar refractivity (Wildman–Crippen MR) is 101 cm³/mol. The van der Waals surface area contributed by atoms with Crippen LogP contribution in [0.4, 0.5) is 4.79 Å². The van der Waals surface area contributed by atoms with Crippen molar-refractivity contribution >= 4 is 6.03 Å². The third-order valence-corrected chi connectivity index (χ3v) is 4.98. The number of ether oxygens (including phenoxy) is 2. The van der Waals surface area contributed by atoms with E-state index in [1.807, 2.05) is 30.3 Å². The van der Waals surface area contributed by atoms with Crippen LogP contribution in [0.5, 0.6) is 11.5 Å². The summed E-state index contributed by atoms with van der Waals surface area (Å²) in [4.78, 5) is 14.4. The summed E-state index contributed by atoms with van der Waals surface area (Å²) in [6.07, 6.45) is 1.12. The lowest BCUT2D eigenvalue weighted by Gasteiger charge is -2.20. The number of fused-ring (bicyclic) bond motifs is 2. The average Bonchev–Trinajstić information content (AvgIpc) is 2.91. The van der Waals surface area contributed by atoms with E-state index >= 15 is 0 Å². The van der Waals surface area contributed by atoms with Gasteiger partial charge in [-0.2, -0.15) is 0 Å². The van der Waals surface area contributed by atoms with Gasteiger partial charge in [-0.15, -0.1) is 0 Å². The molecule has 0 saturated heterocycles. The number of hydrogen-bond acceptors (Lipinski definition) is 4. The Morgan fingerprint density at radius 3 is 2.81 bits per heavy atom. The van der Waals surface area contributed by atoms with Gasteiger partial charge in [-0.3, -0.25) is 0 Å². The van der Waals surface area contributed by atoms with E-state index in [9.17, 15) is 9.90 Å². The fraction of sp³-hybridized carbons (Fsp3) is 0.381. The van der Waals surface area contributed by atoms with Gasteiger partial charge in [0.1, 0.15) is 24.2 Å². The van der Waals surface area contributed by atoms with Crippen molar-refractivity contribution in [3.63, 3.8) is 0 Å². The summed E-state index contributed by atoms with van der Waals surface area (Å²) in [6.45, 7) is 3.94. The summed E-state index contributed by atoms with van der Waals surface area (Å²) in [6, 6.07) is 11.5. The number of aliphatic hydroxyl groups excluding tert-OH is 1. The number of nitrogens with zero attached hydrogens (tertiary/aromatic N) is 1. The number of urea groups is 1. The smallest absolute Gasteiger partial charge is 0.318 e. The molecule has 0 aromatic heterocycles. The van der Waals surface area contributed by atoms with Crippen molar-refractivity contribution in [2.24, 2.45) is 0 Å². The maximum Gasteiger partial charge on any atom is 0.318 e. The van der Waals surface area contributed by atoms with E-state index < -0.39 is 0 Å². The van der Waals surface area contributed by atoms with Crippen molar-refractivity contribution in [3.05, 3.63) is 58.7 Å². The molecule has 2 amide bonds. The molecule has 2 aliphatic heterocycles. The van der Waals surface area contributed by atoms with Crippen LogP contribution >= 0.6 is 0 Å². The second-order valence-electron chi connectivity index (χ2n) is 7.10. The number of aliphatic hydroxyl groups is 1. The molecule has 2 N–H and O–H groups in total. The quantitative estimate of drug-likeness (QED) is 0.874. The van der Waals surface area contributed by atoms with E-state index in [0.717, 1.165) is 34.6 Å². The van der Waals surface area contributed by atoms with Crippen molar-refractivity contribution in [3.8, 4) is 11.5 Å². The van der Waals surface area contributed by atoms with E-state index in [2.05, 4.69) is 18.3 Å². The van der Waals surface area contributed by atoms with Crippen LogP contribution in [0.1, 0.15) is 29.2 Å². The Kier molecular flexibility index (Phi) is 4.90. The van der Waals surface area contributed by atoms with Gasteiger partial charge in [0.2, 0.25) is 0 Å². The van der Waals surface area contributed by atoms with Crippen molar-refractivity contribution < 1.29 is 19.4 Å². The maximum atomic E-state index is 12.7. The normalized spacial score (nSPS) is 18.0. The van der Waals surface area contributed by atoms with Gasteiger partial charge >= 0.3 is 6.03 Å². The number of hydrogen-bond donors (Lipinski definition) is 2. The van der Waals surface area contributed by atoms with Gasteiger partial charge in [-0.05, 0) is 41.8 Å². The SMILES string of the molecule is C[C@H]1Cc2cc(CNC(=O)N3CCOc4ccc(CO)cc4C3)ccc2O1. The van der Waals surface area contributed by atoms with Crippen LogP contribution in [0.15, 0.2) is 36.4 Å². The van der Waals surface area contributed by atoms with Gasteiger partial charge in [-0.1, -0.05) is 18.2 Å². The Morgan fingerprint density at radius 2 is 1.96 bits per heavy atom. The fourth-order valence-corrected chi connectivity index (χ4v) is 3.59. The van der Waals surface area contributed by atoms with Crippen molar-refractivity contribution in [1.29, 1.82) is 0 Å². The molecule has 0 spiro atoms. The van der Waals surface area contributed by atoms with E-state index in [4.69, 9.17) is 9.47 Å². The molecule has 0 aliphatic carbocycles. The van der Waals surface area contributed by atoms with Crippen LogP contribution in [0.3, 0.4) is 0 Å². The standard InChI is InChI=1S/C21H24N2O4/c1-14-8-17-9-15(2-5-20(17)27-14)11-22-21(25)23-6-7-26-19-4-3-16(13-24)10-18(19)12-23/h2-5,9-10,14,24H,6-8,11-13H2,1H3,(H,22,25)/t14-/m0/s1. The zero-order chi connectivity index (χ0) is 18.8. The monoisotopic (exact) mass is 368 g/mol. The van der Waals surface area contributed by atoms with Crippen LogP contribution in [-0.2, 0) is 26.1 Å². The van der Waals surface area contributed by atoms with Crippen molar-refractivity contribution in [2.45, 2.75) is 39.1 Å². The number of amides is 2. The summed E-state index contributed by atoms with van der Waals surface area (Å²) in [7, 11) is 0. The topological polar surface area (TPSA) is 71.0 Å². The molecule has 0 radical (unpaired) electrons. The molecular formula is C21H24N2O4. The van der Waals surface area contributed by atoms with Crippen LogP contribution in [-0.4, -0.2) is 35.3 Å². The molecule has 1 atom stereocenters. The Morgan fingerprint density at radius 1 is 1.19 bits per heavy atom. The van der Waals surface area contributed by atoms with E-state index in [0.29, 0.717) is 26.2 Å². The summed E-state index contributed by atoms with van der Waals surface area (Å²) >= 11 is 0. The van der Waals surface area contributed by atoms with Gasteiger partial charge in [0.15, 0.2) is 0 Å². The van der Waals surface area contributed by atoms with Gasteiger partial charge in [0.25, 0.3) is 0 Å². The number of benzene rings is 2. The minimum absolute atomic E-state index is 0.0276. The summed E-state index contributed by atoms with van der Waals surface area (Å²) in [5, 5.41) is 12.3. The zero-order valence-electron chi connectivity index (χ0n) is 15.4. The fourth-order valence-electron chi connectivity index (χ4n) is 3.59. The summed E-state index contributed by atoms with van der Waals surface area (Å²) in [5.74, 6) is 1.72. The van der Waals surface area contributed by atoms with E-state index in [1.165, 1.54) is 5.56 Å². The number of rotatable bonds is 3. The van der Waals surface area contributed by atoms with Crippen molar-refractivity contribution in [2.75, 3.05) is 13.2 Å². The van der Waals surface area contributed by atoms with Crippen molar-refractivity contribution in [1.82, 2.24) is 10.2 Å². The number of nitrogens with one attached hydrogen (secondary N) is 1. The molecule has 0 unspecified atom stereocenters. The highest BCUT2D eigenvalue weighted by molar-refractivity contribution is 5.74. The molecule has 0 bridgehead atoms. The van der Waals surface area contributed by atoms with Gasteiger partial charge < -0.3 is 24.8 Å². The molecular weight excluding hydrogens is 344 g/mol. The first-order chi connectivity index (χ1) is 13.1. The van der Waals surface area contributed by atoms with Crippen LogP contribution in [0, 0.1) is 0 Å². The minimum Gasteiger partial charge on any atom is -0.491 e.